The van der Waals surface area contributed by atoms with Gasteiger partial charge in [0.05, 0.1) is 6.10 Å². The van der Waals surface area contributed by atoms with Gasteiger partial charge < -0.3 is 10.8 Å². The third kappa shape index (κ3) is 1.40. The van der Waals surface area contributed by atoms with Gasteiger partial charge in [-0.25, -0.2) is 0 Å². The predicted molar refractivity (Wildman–Crippen MR) is 59.5 cm³/mol. The topological polar surface area (TPSA) is 46.2 Å². The fourth-order valence-corrected chi connectivity index (χ4v) is 3.12. The molecule has 0 unspecified atom stereocenters. The second-order valence-electron chi connectivity index (χ2n) is 5.17. The molecule has 0 aliphatic heterocycles. The van der Waals surface area contributed by atoms with Crippen molar-refractivity contribution < 1.29 is 5.11 Å². The lowest BCUT2D eigenvalue weighted by atomic mass is 9.66. The van der Waals surface area contributed by atoms with Gasteiger partial charge in [-0.05, 0) is 42.7 Å². The van der Waals surface area contributed by atoms with E-state index >= 15 is 0 Å². The van der Waals surface area contributed by atoms with Crippen LogP contribution in [-0.2, 0) is 12.8 Å². The molecule has 3 N–H and O–H groups in total. The molecule has 2 heteroatoms. The van der Waals surface area contributed by atoms with Crippen LogP contribution in [0, 0.1) is 5.92 Å². The van der Waals surface area contributed by atoms with Gasteiger partial charge >= 0.3 is 0 Å². The standard InChI is InChI=1S/C13H17NO/c14-13(7-12(15)8-13)11-5-9-3-1-2-4-10(9)6-11/h1-4,11-12,15H,5-8,14H2. The maximum Gasteiger partial charge on any atom is 0.0575 e. The van der Waals surface area contributed by atoms with E-state index in [2.05, 4.69) is 24.3 Å². The summed E-state index contributed by atoms with van der Waals surface area (Å²) in [7, 11) is 0. The summed E-state index contributed by atoms with van der Waals surface area (Å²) in [5.74, 6) is 0.540. The molecule has 3 rings (SSSR count). The lowest BCUT2D eigenvalue weighted by molar-refractivity contribution is -0.00630. The first-order valence-corrected chi connectivity index (χ1v) is 5.71. The van der Waals surface area contributed by atoms with Gasteiger partial charge in [0.25, 0.3) is 0 Å². The van der Waals surface area contributed by atoms with Gasteiger partial charge in [-0.1, -0.05) is 24.3 Å². The normalized spacial score (nSPS) is 34.9. The summed E-state index contributed by atoms with van der Waals surface area (Å²) in [5.41, 5.74) is 9.12. The Balaban J connectivity index is 1.79. The Kier molecular flexibility index (Phi) is 1.91. The lowest BCUT2D eigenvalue weighted by Crippen LogP contribution is -2.59. The Labute approximate surface area is 90.1 Å². The summed E-state index contributed by atoms with van der Waals surface area (Å²) in [6, 6.07) is 8.60. The molecule has 1 saturated carbocycles. The van der Waals surface area contributed by atoms with E-state index in [1.54, 1.807) is 0 Å². The second-order valence-corrected chi connectivity index (χ2v) is 5.17. The highest BCUT2D eigenvalue weighted by Crippen LogP contribution is 2.42. The summed E-state index contributed by atoms with van der Waals surface area (Å²) in [5, 5.41) is 9.38. The smallest absolute Gasteiger partial charge is 0.0575 e. The number of aliphatic hydroxyl groups excluding tert-OH is 1. The van der Waals surface area contributed by atoms with Gasteiger partial charge in [0.15, 0.2) is 0 Å². The predicted octanol–water partition coefficient (Wildman–Crippen LogP) is 1.25. The van der Waals surface area contributed by atoms with Crippen molar-refractivity contribution in [3.05, 3.63) is 35.4 Å². The Hall–Kier alpha value is -0.860. The van der Waals surface area contributed by atoms with Gasteiger partial charge in [0.2, 0.25) is 0 Å². The Bertz CT molecular complexity index is 357. The van der Waals surface area contributed by atoms with Crippen LogP contribution in [0.3, 0.4) is 0 Å². The average molecular weight is 203 g/mol. The molecule has 15 heavy (non-hydrogen) atoms. The van der Waals surface area contributed by atoms with Gasteiger partial charge in [0, 0.05) is 5.54 Å². The first kappa shape index (κ1) is 9.37. The zero-order valence-electron chi connectivity index (χ0n) is 8.82. The van der Waals surface area contributed by atoms with Gasteiger partial charge in [-0.15, -0.1) is 0 Å². The fraction of sp³-hybridized carbons (Fsp3) is 0.538. The number of aliphatic hydroxyl groups is 1. The molecule has 1 fully saturated rings. The van der Waals surface area contributed by atoms with E-state index in [4.69, 9.17) is 5.73 Å². The molecule has 0 saturated heterocycles. The minimum atomic E-state index is -0.154. The van der Waals surface area contributed by atoms with Crippen LogP contribution in [0.5, 0.6) is 0 Å². The minimum Gasteiger partial charge on any atom is -0.393 e. The SMILES string of the molecule is NC1(C2Cc3ccccc3C2)CC(O)C1. The fourth-order valence-electron chi connectivity index (χ4n) is 3.12. The Morgan fingerprint density at radius 1 is 1.13 bits per heavy atom. The summed E-state index contributed by atoms with van der Waals surface area (Å²) in [6.45, 7) is 0. The van der Waals surface area contributed by atoms with Crippen molar-refractivity contribution in [1.82, 2.24) is 0 Å². The molecule has 1 aromatic carbocycles. The Morgan fingerprint density at radius 3 is 2.13 bits per heavy atom. The molecular weight excluding hydrogens is 186 g/mol. The highest BCUT2D eigenvalue weighted by molar-refractivity contribution is 5.34. The number of rotatable bonds is 1. The van der Waals surface area contributed by atoms with Gasteiger partial charge in [0.1, 0.15) is 0 Å². The van der Waals surface area contributed by atoms with Crippen molar-refractivity contribution in [1.29, 1.82) is 0 Å². The van der Waals surface area contributed by atoms with Crippen LogP contribution in [0.25, 0.3) is 0 Å². The average Bonchev–Trinajstić information content (AvgIpc) is 2.59. The molecule has 0 atom stereocenters. The molecule has 0 amide bonds. The van der Waals surface area contributed by atoms with E-state index in [1.165, 1.54) is 11.1 Å². The first-order valence-electron chi connectivity index (χ1n) is 5.71. The van der Waals surface area contributed by atoms with Crippen molar-refractivity contribution in [2.45, 2.75) is 37.3 Å². The minimum absolute atomic E-state index is 0.0988. The van der Waals surface area contributed by atoms with Gasteiger partial charge in [-0.2, -0.15) is 0 Å². The maximum absolute atomic E-state index is 9.38. The molecule has 80 valence electrons. The van der Waals surface area contributed by atoms with Crippen molar-refractivity contribution in [2.24, 2.45) is 11.7 Å². The number of hydrogen-bond donors (Lipinski definition) is 2. The first-order chi connectivity index (χ1) is 7.17. The van der Waals surface area contributed by atoms with E-state index < -0.39 is 0 Å². The van der Waals surface area contributed by atoms with Crippen LogP contribution >= 0.6 is 0 Å². The molecule has 2 aliphatic carbocycles. The van der Waals surface area contributed by atoms with Crippen molar-refractivity contribution >= 4 is 0 Å². The van der Waals surface area contributed by atoms with E-state index in [9.17, 15) is 5.11 Å². The third-order valence-electron chi connectivity index (χ3n) is 4.10. The lowest BCUT2D eigenvalue weighted by Gasteiger charge is -2.46. The molecule has 0 aromatic heterocycles. The zero-order chi connectivity index (χ0) is 10.5. The summed E-state index contributed by atoms with van der Waals surface area (Å²) in [4.78, 5) is 0. The van der Waals surface area contributed by atoms with E-state index in [0.29, 0.717) is 5.92 Å². The monoisotopic (exact) mass is 203 g/mol. The summed E-state index contributed by atoms with van der Waals surface area (Å²) in [6.07, 6.45) is 3.61. The second kappa shape index (κ2) is 3.06. The summed E-state index contributed by atoms with van der Waals surface area (Å²) < 4.78 is 0. The largest absolute Gasteiger partial charge is 0.393 e. The highest BCUT2D eigenvalue weighted by atomic mass is 16.3. The van der Waals surface area contributed by atoms with Crippen LogP contribution in [-0.4, -0.2) is 16.7 Å². The van der Waals surface area contributed by atoms with Gasteiger partial charge in [-0.3, -0.25) is 0 Å². The van der Waals surface area contributed by atoms with E-state index in [1.807, 2.05) is 0 Å². The van der Waals surface area contributed by atoms with E-state index in [-0.39, 0.29) is 11.6 Å². The molecule has 2 aliphatic rings. The highest BCUT2D eigenvalue weighted by Gasteiger charge is 2.47. The summed E-state index contributed by atoms with van der Waals surface area (Å²) >= 11 is 0. The van der Waals surface area contributed by atoms with Crippen molar-refractivity contribution in [2.75, 3.05) is 0 Å². The molecule has 0 bridgehead atoms. The number of fused-ring (bicyclic) bond motifs is 1. The quantitative estimate of drug-likeness (QED) is 0.721. The molecule has 0 spiro atoms. The molecular formula is C13H17NO. The van der Waals surface area contributed by atoms with Crippen LogP contribution in [0.2, 0.25) is 0 Å². The third-order valence-corrected chi connectivity index (χ3v) is 4.10. The van der Waals surface area contributed by atoms with E-state index in [0.717, 1.165) is 25.7 Å². The van der Waals surface area contributed by atoms with Crippen LogP contribution in [0.1, 0.15) is 24.0 Å². The Morgan fingerprint density at radius 2 is 1.67 bits per heavy atom. The van der Waals surface area contributed by atoms with Crippen molar-refractivity contribution in [3.8, 4) is 0 Å². The molecule has 0 heterocycles. The molecule has 2 nitrogen and oxygen atoms in total. The molecule has 1 aromatic rings. The van der Waals surface area contributed by atoms with Crippen LogP contribution in [0.4, 0.5) is 0 Å². The number of nitrogens with two attached hydrogens (primary N) is 1. The number of hydrogen-bond acceptors (Lipinski definition) is 2. The zero-order valence-corrected chi connectivity index (χ0v) is 8.82. The molecule has 0 radical (unpaired) electrons. The van der Waals surface area contributed by atoms with Crippen LogP contribution in [0.15, 0.2) is 24.3 Å². The van der Waals surface area contributed by atoms with Crippen molar-refractivity contribution in [3.63, 3.8) is 0 Å². The van der Waals surface area contributed by atoms with Crippen LogP contribution < -0.4 is 5.73 Å². The number of benzene rings is 1. The maximum atomic E-state index is 9.38.